The first-order chi connectivity index (χ1) is 13.6. The maximum atomic E-state index is 12.6. The average molecular weight is 428 g/mol. The molecule has 0 bridgehead atoms. The highest BCUT2D eigenvalue weighted by Gasteiger charge is 2.35. The second-order valence-corrected chi connectivity index (χ2v) is 8.47. The molecule has 1 fully saturated rings. The zero-order valence-electron chi connectivity index (χ0n) is 14.5. The minimum atomic E-state index is -0.304. The SMILES string of the molecule is O=C1S/C(=C\c2ccc(Sc3ccc(Cl)cc3)o2)C(=O)N1Cc1ccccc1. The maximum absolute atomic E-state index is 12.6. The van der Waals surface area contributed by atoms with Gasteiger partial charge in [-0.3, -0.25) is 14.5 Å². The van der Waals surface area contributed by atoms with E-state index in [1.165, 1.54) is 16.7 Å². The Bertz CT molecular complexity index is 1050. The van der Waals surface area contributed by atoms with E-state index in [9.17, 15) is 9.59 Å². The molecule has 3 aromatic rings. The molecular weight excluding hydrogens is 414 g/mol. The Morgan fingerprint density at radius 2 is 1.75 bits per heavy atom. The molecule has 4 rings (SSSR count). The third-order valence-electron chi connectivity index (χ3n) is 3.96. The number of benzene rings is 2. The summed E-state index contributed by atoms with van der Waals surface area (Å²) in [6, 6.07) is 20.5. The number of rotatable bonds is 5. The summed E-state index contributed by atoms with van der Waals surface area (Å²) < 4.78 is 5.78. The molecule has 1 saturated heterocycles. The first-order valence-electron chi connectivity index (χ1n) is 8.41. The zero-order chi connectivity index (χ0) is 19.5. The second kappa shape index (κ2) is 8.31. The molecule has 0 radical (unpaired) electrons. The van der Waals surface area contributed by atoms with Gasteiger partial charge in [0.15, 0.2) is 5.09 Å². The summed E-state index contributed by atoms with van der Waals surface area (Å²) in [6.45, 7) is 0.263. The topological polar surface area (TPSA) is 50.5 Å². The lowest BCUT2D eigenvalue weighted by Gasteiger charge is -2.11. The van der Waals surface area contributed by atoms with Gasteiger partial charge in [0.2, 0.25) is 0 Å². The summed E-state index contributed by atoms with van der Waals surface area (Å²) in [5.41, 5.74) is 0.908. The summed E-state index contributed by atoms with van der Waals surface area (Å²) in [5, 5.41) is 1.09. The van der Waals surface area contributed by atoms with Gasteiger partial charge in [0.1, 0.15) is 5.76 Å². The first-order valence-corrected chi connectivity index (χ1v) is 10.4. The summed E-state index contributed by atoms with van der Waals surface area (Å²) >= 11 is 8.28. The number of furan rings is 1. The normalized spacial score (nSPS) is 15.6. The third kappa shape index (κ3) is 4.35. The largest absolute Gasteiger partial charge is 0.450 e. The van der Waals surface area contributed by atoms with E-state index in [0.29, 0.717) is 20.8 Å². The van der Waals surface area contributed by atoms with Crippen LogP contribution in [-0.4, -0.2) is 16.0 Å². The zero-order valence-corrected chi connectivity index (χ0v) is 16.9. The number of hydrogen-bond acceptors (Lipinski definition) is 5. The molecule has 0 spiro atoms. The number of imide groups is 1. The number of halogens is 1. The molecule has 28 heavy (non-hydrogen) atoms. The Kier molecular flexibility index (Phi) is 5.62. The van der Waals surface area contributed by atoms with E-state index in [0.717, 1.165) is 22.2 Å². The minimum Gasteiger partial charge on any atom is -0.450 e. The summed E-state index contributed by atoms with van der Waals surface area (Å²) in [7, 11) is 0. The van der Waals surface area contributed by atoms with Gasteiger partial charge < -0.3 is 4.42 Å². The van der Waals surface area contributed by atoms with E-state index < -0.39 is 0 Å². The van der Waals surface area contributed by atoms with Crippen molar-refractivity contribution in [2.45, 2.75) is 16.5 Å². The Hall–Kier alpha value is -2.41. The quantitative estimate of drug-likeness (QED) is 0.446. The fourth-order valence-electron chi connectivity index (χ4n) is 2.62. The number of amides is 2. The van der Waals surface area contributed by atoms with Gasteiger partial charge >= 0.3 is 0 Å². The summed E-state index contributed by atoms with van der Waals surface area (Å²) in [6.07, 6.45) is 1.61. The van der Waals surface area contributed by atoms with Crippen LogP contribution in [0.25, 0.3) is 6.08 Å². The molecule has 0 atom stereocenters. The van der Waals surface area contributed by atoms with Crippen LogP contribution in [0.4, 0.5) is 4.79 Å². The highest BCUT2D eigenvalue weighted by molar-refractivity contribution is 8.18. The van der Waals surface area contributed by atoms with Crippen LogP contribution in [0.3, 0.4) is 0 Å². The lowest BCUT2D eigenvalue weighted by atomic mass is 10.2. The smallest absolute Gasteiger partial charge is 0.293 e. The lowest BCUT2D eigenvalue weighted by molar-refractivity contribution is -0.123. The molecule has 0 unspecified atom stereocenters. The molecule has 0 aliphatic carbocycles. The summed E-state index contributed by atoms with van der Waals surface area (Å²) in [5.74, 6) is 0.226. The van der Waals surface area contributed by atoms with Gasteiger partial charge in [-0.15, -0.1) is 0 Å². The van der Waals surface area contributed by atoms with Gasteiger partial charge in [-0.25, -0.2) is 0 Å². The predicted molar refractivity (Wildman–Crippen MR) is 112 cm³/mol. The maximum Gasteiger partial charge on any atom is 0.293 e. The van der Waals surface area contributed by atoms with E-state index in [4.69, 9.17) is 16.0 Å². The molecule has 1 aromatic heterocycles. The molecule has 2 heterocycles. The van der Waals surface area contributed by atoms with Gasteiger partial charge in [-0.05, 0) is 53.7 Å². The molecule has 7 heteroatoms. The van der Waals surface area contributed by atoms with E-state index in [-0.39, 0.29) is 17.7 Å². The Balaban J connectivity index is 1.47. The van der Waals surface area contributed by atoms with Crippen molar-refractivity contribution in [2.24, 2.45) is 0 Å². The van der Waals surface area contributed by atoms with E-state index in [1.54, 1.807) is 12.1 Å². The number of carbonyl (C=O) groups excluding carboxylic acids is 2. The van der Waals surface area contributed by atoms with Crippen LogP contribution < -0.4 is 0 Å². The van der Waals surface area contributed by atoms with Crippen molar-refractivity contribution in [1.29, 1.82) is 0 Å². The number of carbonyl (C=O) groups is 2. The molecule has 2 aromatic carbocycles. The van der Waals surface area contributed by atoms with Crippen molar-refractivity contribution in [3.05, 3.63) is 88.0 Å². The first kappa shape index (κ1) is 18.9. The second-order valence-electron chi connectivity index (χ2n) is 5.97. The van der Waals surface area contributed by atoms with Crippen LogP contribution in [0.5, 0.6) is 0 Å². The number of nitrogens with zero attached hydrogens (tertiary/aromatic N) is 1. The predicted octanol–water partition coefficient (Wildman–Crippen LogP) is 6.32. The average Bonchev–Trinajstić information content (AvgIpc) is 3.24. The molecule has 140 valence electrons. The molecule has 1 aliphatic rings. The Morgan fingerprint density at radius 1 is 1.00 bits per heavy atom. The van der Waals surface area contributed by atoms with Crippen LogP contribution in [0.15, 0.2) is 86.0 Å². The molecule has 2 amide bonds. The van der Waals surface area contributed by atoms with Crippen LogP contribution in [0, 0.1) is 0 Å². The third-order valence-corrected chi connectivity index (χ3v) is 6.05. The molecule has 4 nitrogen and oxygen atoms in total. The fraction of sp³-hybridized carbons (Fsp3) is 0.0476. The van der Waals surface area contributed by atoms with Crippen LogP contribution in [0.2, 0.25) is 5.02 Å². The molecule has 1 aliphatic heterocycles. The lowest BCUT2D eigenvalue weighted by Crippen LogP contribution is -2.27. The minimum absolute atomic E-state index is 0.263. The summed E-state index contributed by atoms with van der Waals surface area (Å²) in [4.78, 5) is 27.5. The molecule has 0 N–H and O–H groups in total. The van der Waals surface area contributed by atoms with Gasteiger partial charge in [0, 0.05) is 16.0 Å². The molecular formula is C21H14ClNO3S2. The van der Waals surface area contributed by atoms with E-state index >= 15 is 0 Å². The van der Waals surface area contributed by atoms with Crippen molar-refractivity contribution >= 4 is 52.3 Å². The van der Waals surface area contributed by atoms with Gasteiger partial charge in [-0.2, -0.15) is 0 Å². The fourth-order valence-corrected chi connectivity index (χ4v) is 4.34. The van der Waals surface area contributed by atoms with Gasteiger partial charge in [0.05, 0.1) is 11.4 Å². The number of hydrogen-bond donors (Lipinski definition) is 0. The highest BCUT2D eigenvalue weighted by atomic mass is 35.5. The van der Waals surface area contributed by atoms with Gasteiger partial charge in [-0.1, -0.05) is 53.7 Å². The van der Waals surface area contributed by atoms with E-state index in [1.807, 2.05) is 60.7 Å². The number of thioether (sulfide) groups is 1. The van der Waals surface area contributed by atoms with Crippen molar-refractivity contribution in [3.63, 3.8) is 0 Å². The highest BCUT2D eigenvalue weighted by Crippen LogP contribution is 2.35. The van der Waals surface area contributed by atoms with Crippen molar-refractivity contribution < 1.29 is 14.0 Å². The van der Waals surface area contributed by atoms with Crippen LogP contribution in [-0.2, 0) is 11.3 Å². The van der Waals surface area contributed by atoms with Crippen LogP contribution >= 0.6 is 35.1 Å². The van der Waals surface area contributed by atoms with Gasteiger partial charge in [0.25, 0.3) is 11.1 Å². The van der Waals surface area contributed by atoms with Crippen molar-refractivity contribution in [1.82, 2.24) is 4.90 Å². The van der Waals surface area contributed by atoms with Crippen LogP contribution in [0.1, 0.15) is 11.3 Å². The Labute approximate surface area is 175 Å². The monoisotopic (exact) mass is 427 g/mol. The van der Waals surface area contributed by atoms with E-state index in [2.05, 4.69) is 0 Å². The van der Waals surface area contributed by atoms with Crippen molar-refractivity contribution in [2.75, 3.05) is 0 Å². The standard InChI is InChI=1S/C21H14ClNO3S2/c22-15-6-9-17(10-7-15)27-19-11-8-16(26-19)12-18-20(24)23(21(25)28-18)13-14-4-2-1-3-5-14/h1-12H,13H2/b18-12-. The van der Waals surface area contributed by atoms with Crippen molar-refractivity contribution in [3.8, 4) is 0 Å². The molecule has 0 saturated carbocycles. The Morgan fingerprint density at radius 3 is 2.50 bits per heavy atom.